The second-order valence-corrected chi connectivity index (χ2v) is 18.4. The topological polar surface area (TPSA) is 190 Å². The molecule has 1 saturated heterocycles. The van der Waals surface area contributed by atoms with E-state index in [0.29, 0.717) is 21.8 Å². The number of nitrogens with zero attached hydrogens (tertiary/aromatic N) is 5. The lowest BCUT2D eigenvalue weighted by Gasteiger charge is -2.49. The normalized spacial score (nSPS) is 16.1. The monoisotopic (exact) mass is 988 g/mol. The van der Waals surface area contributed by atoms with Crippen LogP contribution in [0.3, 0.4) is 0 Å². The third-order valence-corrected chi connectivity index (χ3v) is 14.2. The van der Waals surface area contributed by atoms with Crippen molar-refractivity contribution in [1.82, 2.24) is 30.0 Å². The quantitative estimate of drug-likeness (QED) is 0.0147. The summed E-state index contributed by atoms with van der Waals surface area (Å²) >= 11 is 7.23. The second kappa shape index (κ2) is 20.8. The lowest BCUT2D eigenvalue weighted by Crippen LogP contribution is -2.71. The zero-order valence-electron chi connectivity index (χ0n) is 37.6. The molecule has 4 heterocycles. The Kier molecular flexibility index (Phi) is 14.1. The van der Waals surface area contributed by atoms with Crippen molar-refractivity contribution >= 4 is 69.3 Å². The minimum Gasteiger partial charge on any atom is -0.448 e. The van der Waals surface area contributed by atoms with Crippen LogP contribution in [-0.2, 0) is 36.0 Å². The third-order valence-electron chi connectivity index (χ3n) is 11.8. The first-order valence-electron chi connectivity index (χ1n) is 22.0. The van der Waals surface area contributed by atoms with Crippen molar-refractivity contribution in [1.29, 1.82) is 0 Å². The molecule has 2 atom stereocenters. The molecular weight excluding hydrogens is 945 g/mol. The summed E-state index contributed by atoms with van der Waals surface area (Å²) in [5.74, 6) is -1.96. The maximum atomic E-state index is 14.7. The molecule has 0 radical (unpaired) electrons. The van der Waals surface area contributed by atoms with Gasteiger partial charge in [-0.25, -0.2) is 14.9 Å². The number of aromatic nitrogens is 4. The smallest absolute Gasteiger partial charge is 0.356 e. The first kappa shape index (κ1) is 47.3. The van der Waals surface area contributed by atoms with Gasteiger partial charge >= 0.3 is 17.1 Å². The number of ether oxygens (including phenoxy) is 1. The van der Waals surface area contributed by atoms with Gasteiger partial charge in [-0.3, -0.25) is 28.6 Å². The van der Waals surface area contributed by atoms with Crippen LogP contribution in [0.25, 0.3) is 4.91 Å². The molecule has 2 aromatic heterocycles. The van der Waals surface area contributed by atoms with E-state index in [1.54, 1.807) is 12.3 Å². The zero-order chi connectivity index (χ0) is 48.8. The van der Waals surface area contributed by atoms with E-state index in [1.165, 1.54) is 41.2 Å². The molecule has 2 aliphatic rings. The van der Waals surface area contributed by atoms with Crippen LogP contribution in [0.1, 0.15) is 52.4 Å². The molecule has 0 bridgehead atoms. The summed E-state index contributed by atoms with van der Waals surface area (Å²) in [5.41, 5.74) is 1.89. The number of fused-ring (bicyclic) bond motifs is 1. The van der Waals surface area contributed by atoms with Gasteiger partial charge in [0.15, 0.2) is 22.8 Å². The SMILES string of the molecule is CCn1c(C(S)=CC2=C(C(=O)OC(c3ccccc3)c3ccccc3)N3C(=O)C(NC(=O)C(=NOC)c4csc(NC(c5ccccc5)(c5ccccc5)c5ccccc5)n4)C3SC2)n[nH]c(=O)c1=O. The predicted octanol–water partition coefficient (Wildman–Crippen LogP) is 7.12. The molecule has 0 aliphatic carbocycles. The number of amides is 2. The number of nitrogens with one attached hydrogen (secondary N) is 3. The fourth-order valence-electron chi connectivity index (χ4n) is 8.53. The number of thiol groups is 1. The number of carbonyl (C=O) groups excluding carboxylic acids is 3. The summed E-state index contributed by atoms with van der Waals surface area (Å²) in [5, 5.41) is 18.3. The number of H-pyrrole nitrogens is 1. The lowest BCUT2D eigenvalue weighted by molar-refractivity contribution is -0.154. The number of carbonyl (C=O) groups is 3. The minimum absolute atomic E-state index is 0.0468. The Hall–Kier alpha value is -7.80. The molecule has 70 heavy (non-hydrogen) atoms. The van der Waals surface area contributed by atoms with E-state index in [9.17, 15) is 24.0 Å². The number of benzene rings is 5. The first-order chi connectivity index (χ1) is 34.1. The number of aromatic amines is 1. The van der Waals surface area contributed by atoms with Crippen LogP contribution >= 0.6 is 35.7 Å². The molecule has 1 fully saturated rings. The van der Waals surface area contributed by atoms with Gasteiger partial charge in [-0.2, -0.15) is 5.10 Å². The van der Waals surface area contributed by atoms with Gasteiger partial charge in [0.1, 0.15) is 35.5 Å². The van der Waals surface area contributed by atoms with Crippen molar-refractivity contribution < 1.29 is 24.0 Å². The number of hydrogen-bond donors (Lipinski definition) is 4. The second-order valence-electron chi connectivity index (χ2n) is 15.9. The van der Waals surface area contributed by atoms with Crippen molar-refractivity contribution in [2.45, 2.75) is 36.5 Å². The predicted molar refractivity (Wildman–Crippen MR) is 273 cm³/mol. The summed E-state index contributed by atoms with van der Waals surface area (Å²) in [7, 11) is 1.31. The minimum atomic E-state index is -1.10. The van der Waals surface area contributed by atoms with E-state index in [0.717, 1.165) is 21.3 Å². The molecule has 352 valence electrons. The largest absolute Gasteiger partial charge is 0.448 e. The van der Waals surface area contributed by atoms with Crippen LogP contribution in [-0.4, -0.2) is 72.4 Å². The molecule has 0 saturated carbocycles. The molecule has 15 nitrogen and oxygen atoms in total. The van der Waals surface area contributed by atoms with E-state index in [4.69, 9.17) is 14.6 Å². The Morgan fingerprint density at radius 3 is 1.93 bits per heavy atom. The summed E-state index contributed by atoms with van der Waals surface area (Å²) in [6, 6.07) is 47.3. The Balaban J connectivity index is 1.03. The highest BCUT2D eigenvalue weighted by atomic mass is 32.2. The number of thiazole rings is 1. The van der Waals surface area contributed by atoms with Crippen LogP contribution in [0.5, 0.6) is 0 Å². The van der Waals surface area contributed by atoms with Gasteiger partial charge in [0.05, 0.1) is 0 Å². The van der Waals surface area contributed by atoms with E-state index in [-0.39, 0.29) is 40.1 Å². The van der Waals surface area contributed by atoms with Crippen molar-refractivity contribution in [2.75, 3.05) is 18.2 Å². The van der Waals surface area contributed by atoms with Crippen molar-refractivity contribution in [3.8, 4) is 0 Å². The van der Waals surface area contributed by atoms with Crippen molar-refractivity contribution in [2.24, 2.45) is 5.16 Å². The molecule has 0 spiro atoms. The average Bonchev–Trinajstić information content (AvgIpc) is 3.87. The number of β-lactam (4-membered cyclic amide) rings is 1. The van der Waals surface area contributed by atoms with Crippen molar-refractivity contribution in [3.63, 3.8) is 0 Å². The van der Waals surface area contributed by atoms with Crippen LogP contribution in [0.15, 0.2) is 189 Å². The molecule has 7 aromatic rings. The highest BCUT2D eigenvalue weighted by Gasteiger charge is 2.55. The van der Waals surface area contributed by atoms with E-state index < -0.39 is 52.0 Å². The molecule has 18 heteroatoms. The molecule has 2 unspecified atom stereocenters. The van der Waals surface area contributed by atoms with Gasteiger partial charge in [0.25, 0.3) is 11.8 Å². The maximum Gasteiger partial charge on any atom is 0.356 e. The number of esters is 1. The van der Waals surface area contributed by atoms with Gasteiger partial charge in [0, 0.05) is 22.6 Å². The highest BCUT2D eigenvalue weighted by molar-refractivity contribution is 8.00. The molecule has 5 aromatic carbocycles. The van der Waals surface area contributed by atoms with Gasteiger partial charge in [-0.1, -0.05) is 157 Å². The molecular formula is C52H44N8O7S3. The molecule has 9 rings (SSSR count). The number of allylic oxidation sites excluding steroid dienone is 1. The molecule has 3 N–H and O–H groups in total. The Morgan fingerprint density at radius 1 is 0.857 bits per heavy atom. The molecule has 2 amide bonds. The Morgan fingerprint density at radius 2 is 1.40 bits per heavy atom. The number of hydrogen-bond acceptors (Lipinski definition) is 14. The number of rotatable bonds is 16. The lowest BCUT2D eigenvalue weighted by atomic mass is 9.77. The van der Waals surface area contributed by atoms with Gasteiger partial charge in [-0.05, 0) is 46.4 Å². The number of anilines is 1. The van der Waals surface area contributed by atoms with Crippen LogP contribution in [0.2, 0.25) is 0 Å². The van der Waals surface area contributed by atoms with E-state index in [1.807, 2.05) is 152 Å². The van der Waals surface area contributed by atoms with Gasteiger partial charge < -0.3 is 20.2 Å². The summed E-state index contributed by atoms with van der Waals surface area (Å²) < 4.78 is 7.47. The number of thioether (sulfide) groups is 1. The first-order valence-corrected chi connectivity index (χ1v) is 24.4. The fourth-order valence-corrected chi connectivity index (χ4v) is 10.9. The van der Waals surface area contributed by atoms with Gasteiger partial charge in [0.2, 0.25) is 0 Å². The van der Waals surface area contributed by atoms with Crippen LogP contribution in [0, 0.1) is 0 Å². The summed E-state index contributed by atoms with van der Waals surface area (Å²) in [4.78, 5) is 79.9. The standard InChI is InChI=1S/C52H44N8O7S3/c1-3-59-44(56-57-46(62)48(59)64)39(68)29-34-30-69-49-41(47(63)60(49)42(34)50(65)67-43(32-19-9-4-10-20-32)33-21-11-5-12-22-33)54-45(61)40(58-66-2)38-31-70-51(53-38)55-52(35-23-13-6-14-24-35,36-25-15-7-16-26-36)37-27-17-8-18-28-37/h4-29,31,41,43,49,68H,3,30H2,1-2H3,(H,53,55)(H,54,61)(H,57,62). The van der Waals surface area contributed by atoms with Crippen LogP contribution < -0.4 is 21.8 Å². The molecule has 2 aliphatic heterocycles. The Labute approximate surface area is 415 Å². The van der Waals surface area contributed by atoms with Crippen molar-refractivity contribution in [3.05, 3.63) is 234 Å². The Bertz CT molecular complexity index is 3120. The van der Waals surface area contributed by atoms with Gasteiger partial charge in [-0.15, -0.1) is 35.7 Å². The van der Waals surface area contributed by atoms with E-state index in [2.05, 4.69) is 38.6 Å². The summed E-state index contributed by atoms with van der Waals surface area (Å²) in [6.45, 7) is 1.79. The maximum absolute atomic E-state index is 14.7. The third kappa shape index (κ3) is 9.23. The summed E-state index contributed by atoms with van der Waals surface area (Å²) in [6.07, 6.45) is 0.658. The zero-order valence-corrected chi connectivity index (χ0v) is 40.1. The highest BCUT2D eigenvalue weighted by Crippen LogP contribution is 2.44. The number of oxime groups is 1. The fraction of sp³-hybridized carbons (Fsp3) is 0.154. The average molecular weight is 989 g/mol. The van der Waals surface area contributed by atoms with Crippen LogP contribution in [0.4, 0.5) is 5.13 Å². The van der Waals surface area contributed by atoms with E-state index >= 15 is 0 Å².